The molecule has 0 aliphatic carbocycles. The lowest BCUT2D eigenvalue weighted by molar-refractivity contribution is -0.384. The van der Waals surface area contributed by atoms with Crippen LogP contribution in [0.3, 0.4) is 0 Å². The van der Waals surface area contributed by atoms with Crippen LogP contribution in [0.2, 0.25) is 0 Å². The second kappa shape index (κ2) is 7.19. The van der Waals surface area contributed by atoms with Crippen LogP contribution in [0.4, 0.5) is 5.69 Å². The van der Waals surface area contributed by atoms with Crippen LogP contribution in [0.15, 0.2) is 46.9 Å². The molecule has 0 aliphatic heterocycles. The van der Waals surface area contributed by atoms with Gasteiger partial charge in [0.15, 0.2) is 0 Å². The molecule has 0 radical (unpaired) electrons. The van der Waals surface area contributed by atoms with Crippen molar-refractivity contribution in [1.29, 1.82) is 0 Å². The van der Waals surface area contributed by atoms with Gasteiger partial charge < -0.3 is 10.1 Å². The summed E-state index contributed by atoms with van der Waals surface area (Å²) in [6, 6.07) is 12.3. The number of nitrogens with one attached hydrogen (secondary N) is 1. The summed E-state index contributed by atoms with van der Waals surface area (Å²) in [7, 11) is 1.87. The lowest BCUT2D eigenvalue weighted by Crippen LogP contribution is -2.08. The van der Waals surface area contributed by atoms with Crippen molar-refractivity contribution in [3.63, 3.8) is 0 Å². The van der Waals surface area contributed by atoms with Crippen molar-refractivity contribution < 1.29 is 9.66 Å². The molecule has 0 saturated carbocycles. The van der Waals surface area contributed by atoms with Gasteiger partial charge in [0.1, 0.15) is 12.4 Å². The molecule has 2 aromatic rings. The maximum absolute atomic E-state index is 10.8. The van der Waals surface area contributed by atoms with E-state index in [9.17, 15) is 10.1 Å². The Morgan fingerprint density at radius 3 is 2.76 bits per heavy atom. The van der Waals surface area contributed by atoms with E-state index in [1.165, 1.54) is 12.1 Å². The predicted molar refractivity (Wildman–Crippen MR) is 84.3 cm³/mol. The molecule has 0 bridgehead atoms. The van der Waals surface area contributed by atoms with E-state index in [1.807, 2.05) is 31.3 Å². The molecule has 2 rings (SSSR count). The van der Waals surface area contributed by atoms with E-state index in [0.717, 1.165) is 21.3 Å². The maximum Gasteiger partial charge on any atom is 0.269 e. The van der Waals surface area contributed by atoms with E-state index in [4.69, 9.17) is 4.74 Å². The van der Waals surface area contributed by atoms with Crippen molar-refractivity contribution in [3.8, 4) is 5.75 Å². The Kier molecular flexibility index (Phi) is 5.30. The number of para-hydroxylation sites is 1. The molecule has 0 aromatic heterocycles. The van der Waals surface area contributed by atoms with E-state index >= 15 is 0 Å². The van der Waals surface area contributed by atoms with Crippen LogP contribution in [0.1, 0.15) is 11.1 Å². The molecule has 0 unspecified atom stereocenters. The molecule has 0 saturated heterocycles. The van der Waals surface area contributed by atoms with Crippen LogP contribution < -0.4 is 10.1 Å². The fourth-order valence-electron chi connectivity index (χ4n) is 1.96. The Morgan fingerprint density at radius 2 is 2.05 bits per heavy atom. The largest absolute Gasteiger partial charge is 0.487 e. The summed E-state index contributed by atoms with van der Waals surface area (Å²) < 4.78 is 6.69. The van der Waals surface area contributed by atoms with E-state index in [0.29, 0.717) is 6.54 Å². The van der Waals surface area contributed by atoms with Gasteiger partial charge in [-0.1, -0.05) is 24.3 Å². The predicted octanol–water partition coefficient (Wildman–Crippen LogP) is 3.66. The van der Waals surface area contributed by atoms with Gasteiger partial charge in [-0.15, -0.1) is 0 Å². The SMILES string of the molecule is CNCc1cccc(Br)c1OCc1cccc([N+](=O)[O-])c1. The molecule has 0 spiro atoms. The van der Waals surface area contributed by atoms with Crippen LogP contribution >= 0.6 is 15.9 Å². The fraction of sp³-hybridized carbons (Fsp3) is 0.200. The van der Waals surface area contributed by atoms with Crippen LogP contribution in [-0.2, 0) is 13.2 Å². The van der Waals surface area contributed by atoms with Crippen molar-refractivity contribution >= 4 is 21.6 Å². The average Bonchev–Trinajstić information content (AvgIpc) is 2.47. The summed E-state index contributed by atoms with van der Waals surface area (Å²) in [5, 5.41) is 13.9. The normalized spacial score (nSPS) is 10.4. The zero-order valence-electron chi connectivity index (χ0n) is 11.5. The smallest absolute Gasteiger partial charge is 0.269 e. The minimum absolute atomic E-state index is 0.0682. The number of rotatable bonds is 6. The number of nitrogens with zero attached hydrogens (tertiary/aromatic N) is 1. The molecule has 6 heteroatoms. The second-order valence-corrected chi connectivity index (χ2v) is 5.33. The first-order valence-corrected chi connectivity index (χ1v) is 7.19. The third-order valence-electron chi connectivity index (χ3n) is 2.92. The van der Waals surface area contributed by atoms with Gasteiger partial charge in [-0.25, -0.2) is 0 Å². The lowest BCUT2D eigenvalue weighted by Gasteiger charge is -2.13. The Morgan fingerprint density at radius 1 is 1.29 bits per heavy atom. The number of benzene rings is 2. The topological polar surface area (TPSA) is 64.4 Å². The van der Waals surface area contributed by atoms with Crippen LogP contribution in [-0.4, -0.2) is 12.0 Å². The third-order valence-corrected chi connectivity index (χ3v) is 3.54. The standard InChI is InChI=1S/C15H15BrN2O3/c1-17-9-12-5-3-7-14(16)15(12)21-10-11-4-2-6-13(8-11)18(19)20/h2-8,17H,9-10H2,1H3. The van der Waals surface area contributed by atoms with Crippen molar-refractivity contribution in [2.75, 3.05) is 7.05 Å². The Hall–Kier alpha value is -1.92. The van der Waals surface area contributed by atoms with E-state index in [1.54, 1.807) is 6.07 Å². The molecule has 110 valence electrons. The molecular weight excluding hydrogens is 336 g/mol. The number of hydrogen-bond donors (Lipinski definition) is 1. The summed E-state index contributed by atoms with van der Waals surface area (Å²) in [5.74, 6) is 0.748. The van der Waals surface area contributed by atoms with Crippen LogP contribution in [0.25, 0.3) is 0 Å². The second-order valence-electron chi connectivity index (χ2n) is 4.47. The first kappa shape index (κ1) is 15.5. The lowest BCUT2D eigenvalue weighted by atomic mass is 10.2. The minimum Gasteiger partial charge on any atom is -0.487 e. The number of hydrogen-bond acceptors (Lipinski definition) is 4. The number of halogens is 1. The van der Waals surface area contributed by atoms with E-state index < -0.39 is 4.92 Å². The maximum atomic E-state index is 10.8. The highest BCUT2D eigenvalue weighted by molar-refractivity contribution is 9.10. The fourth-order valence-corrected chi connectivity index (χ4v) is 2.48. The Bertz CT molecular complexity index is 647. The Labute approximate surface area is 131 Å². The molecule has 5 nitrogen and oxygen atoms in total. The monoisotopic (exact) mass is 350 g/mol. The van der Waals surface area contributed by atoms with E-state index in [2.05, 4.69) is 21.2 Å². The molecule has 2 aromatic carbocycles. The number of nitro groups is 1. The minimum atomic E-state index is -0.408. The number of ether oxygens (including phenoxy) is 1. The van der Waals surface area contributed by atoms with Crippen LogP contribution in [0.5, 0.6) is 5.75 Å². The highest BCUT2D eigenvalue weighted by atomic mass is 79.9. The third kappa shape index (κ3) is 4.03. The molecule has 0 heterocycles. The molecule has 0 atom stereocenters. The van der Waals surface area contributed by atoms with Gasteiger partial charge in [0.2, 0.25) is 0 Å². The van der Waals surface area contributed by atoms with Crippen molar-refractivity contribution in [3.05, 3.63) is 68.2 Å². The molecule has 1 N–H and O–H groups in total. The first-order valence-electron chi connectivity index (χ1n) is 6.40. The highest BCUT2D eigenvalue weighted by Crippen LogP contribution is 2.30. The van der Waals surface area contributed by atoms with Gasteiger partial charge in [-0.3, -0.25) is 10.1 Å². The number of nitro benzene ring substituents is 1. The highest BCUT2D eigenvalue weighted by Gasteiger charge is 2.10. The van der Waals surface area contributed by atoms with Crippen molar-refractivity contribution in [2.24, 2.45) is 0 Å². The summed E-state index contributed by atoms with van der Waals surface area (Å²) in [4.78, 5) is 10.4. The Balaban J connectivity index is 2.16. The quantitative estimate of drug-likeness (QED) is 0.637. The average molecular weight is 351 g/mol. The van der Waals surface area contributed by atoms with Crippen molar-refractivity contribution in [1.82, 2.24) is 5.32 Å². The van der Waals surface area contributed by atoms with Gasteiger partial charge in [0.05, 0.1) is 9.40 Å². The summed E-state index contributed by atoms with van der Waals surface area (Å²) >= 11 is 3.47. The molecule has 0 aliphatic rings. The van der Waals surface area contributed by atoms with Crippen LogP contribution in [0, 0.1) is 10.1 Å². The zero-order valence-corrected chi connectivity index (χ0v) is 13.1. The van der Waals surface area contributed by atoms with E-state index in [-0.39, 0.29) is 12.3 Å². The summed E-state index contributed by atoms with van der Waals surface area (Å²) in [5.41, 5.74) is 1.85. The molecule has 21 heavy (non-hydrogen) atoms. The van der Waals surface area contributed by atoms with Gasteiger partial charge in [0, 0.05) is 24.2 Å². The van der Waals surface area contributed by atoms with Gasteiger partial charge in [-0.05, 0) is 34.6 Å². The molecule has 0 amide bonds. The summed E-state index contributed by atoms with van der Waals surface area (Å²) in [6.45, 7) is 0.963. The van der Waals surface area contributed by atoms with Gasteiger partial charge in [-0.2, -0.15) is 0 Å². The van der Waals surface area contributed by atoms with Crippen molar-refractivity contribution in [2.45, 2.75) is 13.2 Å². The van der Waals surface area contributed by atoms with Gasteiger partial charge >= 0.3 is 0 Å². The van der Waals surface area contributed by atoms with Gasteiger partial charge in [0.25, 0.3) is 5.69 Å². The zero-order chi connectivity index (χ0) is 15.2. The number of non-ortho nitro benzene ring substituents is 1. The molecular formula is C15H15BrN2O3. The summed E-state index contributed by atoms with van der Waals surface area (Å²) in [6.07, 6.45) is 0. The molecule has 0 fully saturated rings. The first-order chi connectivity index (χ1) is 10.1.